The Hall–Kier alpha value is -1.51. The third kappa shape index (κ3) is 2.66. The molecule has 1 aromatic carbocycles. The van der Waals surface area contributed by atoms with E-state index in [1.54, 1.807) is 12.1 Å². The molecule has 18 heavy (non-hydrogen) atoms. The van der Waals surface area contributed by atoms with Crippen LogP contribution in [0.4, 0.5) is 0 Å². The highest BCUT2D eigenvalue weighted by atomic mass is 16.3. The zero-order chi connectivity index (χ0) is 13.3. The first-order valence-corrected chi connectivity index (χ1v) is 6.48. The van der Waals surface area contributed by atoms with Crippen molar-refractivity contribution in [1.29, 1.82) is 0 Å². The zero-order valence-corrected chi connectivity index (χ0v) is 11.4. The van der Waals surface area contributed by atoms with Crippen molar-refractivity contribution < 1.29 is 9.90 Å². The number of likely N-dealkylation sites (tertiary alicyclic amines) is 1. The third-order valence-electron chi connectivity index (χ3n) is 3.57. The Bertz CT molecular complexity index is 466. The van der Waals surface area contributed by atoms with Crippen LogP contribution in [0.3, 0.4) is 0 Å². The average Bonchev–Trinajstić information content (AvgIpc) is 2.30. The molecule has 0 spiro atoms. The van der Waals surface area contributed by atoms with Gasteiger partial charge in [0.2, 0.25) is 0 Å². The minimum absolute atomic E-state index is 0.0519. The van der Waals surface area contributed by atoms with Crippen molar-refractivity contribution >= 4 is 5.91 Å². The molecule has 1 saturated heterocycles. The van der Waals surface area contributed by atoms with Crippen LogP contribution in [0.5, 0.6) is 5.75 Å². The molecule has 3 nitrogen and oxygen atoms in total. The summed E-state index contributed by atoms with van der Waals surface area (Å²) < 4.78 is 0. The minimum Gasteiger partial charge on any atom is -0.507 e. The number of aromatic hydroxyl groups is 1. The van der Waals surface area contributed by atoms with E-state index in [-0.39, 0.29) is 17.1 Å². The first-order chi connectivity index (χ1) is 8.39. The summed E-state index contributed by atoms with van der Waals surface area (Å²) in [4.78, 5) is 14.3. The van der Waals surface area contributed by atoms with Crippen molar-refractivity contribution in [3.05, 3.63) is 29.3 Å². The molecule has 0 aromatic heterocycles. The van der Waals surface area contributed by atoms with Crippen LogP contribution >= 0.6 is 0 Å². The van der Waals surface area contributed by atoms with E-state index in [0.717, 1.165) is 31.5 Å². The van der Waals surface area contributed by atoms with Gasteiger partial charge in [0.15, 0.2) is 0 Å². The largest absolute Gasteiger partial charge is 0.507 e. The van der Waals surface area contributed by atoms with E-state index >= 15 is 0 Å². The summed E-state index contributed by atoms with van der Waals surface area (Å²) in [6.07, 6.45) is 2.18. The molecule has 0 aliphatic carbocycles. The molecule has 1 heterocycles. The monoisotopic (exact) mass is 247 g/mol. The Morgan fingerprint density at radius 3 is 2.78 bits per heavy atom. The Labute approximate surface area is 108 Å². The first kappa shape index (κ1) is 12.9. The van der Waals surface area contributed by atoms with E-state index in [0.29, 0.717) is 5.56 Å². The number of carbonyl (C=O) groups excluding carboxylic acids is 1. The standard InChI is InChI=1S/C15H21NO2/c1-11-5-6-13(17)12(9-11)14(18)16-8-4-7-15(2,3)10-16/h5-6,9,17H,4,7-8,10H2,1-3H3. The molecule has 2 rings (SSSR count). The summed E-state index contributed by atoms with van der Waals surface area (Å²) in [5.41, 5.74) is 1.59. The third-order valence-corrected chi connectivity index (χ3v) is 3.57. The van der Waals surface area contributed by atoms with Crippen molar-refractivity contribution in [1.82, 2.24) is 4.90 Å². The molecule has 3 heteroatoms. The molecule has 1 aliphatic rings. The van der Waals surface area contributed by atoms with Crippen molar-refractivity contribution in [2.75, 3.05) is 13.1 Å². The fourth-order valence-electron chi connectivity index (χ4n) is 2.59. The second kappa shape index (κ2) is 4.63. The molecule has 0 saturated carbocycles. The van der Waals surface area contributed by atoms with Crippen LogP contribution in [0.1, 0.15) is 42.6 Å². The predicted molar refractivity (Wildman–Crippen MR) is 71.8 cm³/mol. The van der Waals surface area contributed by atoms with Gasteiger partial charge in [0.25, 0.3) is 5.91 Å². The van der Waals surface area contributed by atoms with Gasteiger partial charge in [0.05, 0.1) is 5.56 Å². The number of phenolic OH excluding ortho intramolecular Hbond substituents is 1. The number of carbonyl (C=O) groups is 1. The minimum atomic E-state index is -0.0519. The van der Waals surface area contributed by atoms with Gasteiger partial charge >= 0.3 is 0 Å². The molecule has 0 radical (unpaired) electrons. The second-order valence-corrected chi connectivity index (χ2v) is 6.02. The number of hydrogen-bond donors (Lipinski definition) is 1. The molecule has 0 atom stereocenters. The summed E-state index contributed by atoms with van der Waals surface area (Å²) in [7, 11) is 0. The summed E-state index contributed by atoms with van der Waals surface area (Å²) in [6.45, 7) is 7.84. The van der Waals surface area contributed by atoms with E-state index in [1.807, 2.05) is 17.9 Å². The Morgan fingerprint density at radius 2 is 2.11 bits per heavy atom. The van der Waals surface area contributed by atoms with Gasteiger partial charge in [0.1, 0.15) is 5.75 Å². The number of rotatable bonds is 1. The first-order valence-electron chi connectivity index (χ1n) is 6.48. The van der Waals surface area contributed by atoms with E-state index in [4.69, 9.17) is 0 Å². The SMILES string of the molecule is Cc1ccc(O)c(C(=O)N2CCCC(C)(C)C2)c1. The number of piperidine rings is 1. The van der Waals surface area contributed by atoms with Crippen molar-refractivity contribution in [3.63, 3.8) is 0 Å². The van der Waals surface area contributed by atoms with Gasteiger partial charge in [-0.15, -0.1) is 0 Å². The van der Waals surface area contributed by atoms with Crippen LogP contribution < -0.4 is 0 Å². The number of phenols is 1. The molecule has 1 N–H and O–H groups in total. The number of nitrogens with zero attached hydrogens (tertiary/aromatic N) is 1. The molecule has 1 aromatic rings. The van der Waals surface area contributed by atoms with Gasteiger partial charge < -0.3 is 10.0 Å². The molecule has 1 fully saturated rings. The summed E-state index contributed by atoms with van der Waals surface area (Å²) in [5.74, 6) is 0.0259. The van der Waals surface area contributed by atoms with Gasteiger partial charge in [-0.1, -0.05) is 25.5 Å². The van der Waals surface area contributed by atoms with E-state index in [1.165, 1.54) is 0 Å². The van der Waals surface area contributed by atoms with Crippen LogP contribution in [0.15, 0.2) is 18.2 Å². The zero-order valence-electron chi connectivity index (χ0n) is 11.4. The van der Waals surface area contributed by atoms with E-state index in [2.05, 4.69) is 13.8 Å². The lowest BCUT2D eigenvalue weighted by Crippen LogP contribution is -2.43. The highest BCUT2D eigenvalue weighted by Gasteiger charge is 2.30. The highest BCUT2D eigenvalue weighted by molar-refractivity contribution is 5.97. The maximum absolute atomic E-state index is 12.4. The smallest absolute Gasteiger partial charge is 0.257 e. The molecular weight excluding hydrogens is 226 g/mol. The lowest BCUT2D eigenvalue weighted by atomic mass is 9.84. The number of amides is 1. The van der Waals surface area contributed by atoms with Gasteiger partial charge in [0, 0.05) is 13.1 Å². The average molecular weight is 247 g/mol. The van der Waals surface area contributed by atoms with Crippen LogP contribution in [0, 0.1) is 12.3 Å². The molecule has 98 valence electrons. The number of aryl methyl sites for hydroxylation is 1. The Morgan fingerprint density at radius 1 is 1.39 bits per heavy atom. The second-order valence-electron chi connectivity index (χ2n) is 6.02. The van der Waals surface area contributed by atoms with Gasteiger partial charge in [-0.2, -0.15) is 0 Å². The lowest BCUT2D eigenvalue weighted by molar-refractivity contribution is 0.0580. The van der Waals surface area contributed by atoms with Crippen LogP contribution in [-0.4, -0.2) is 29.0 Å². The summed E-state index contributed by atoms with van der Waals surface area (Å²) >= 11 is 0. The van der Waals surface area contributed by atoms with Crippen LogP contribution in [-0.2, 0) is 0 Å². The van der Waals surface area contributed by atoms with Crippen molar-refractivity contribution in [3.8, 4) is 5.75 Å². The Balaban J connectivity index is 2.23. The van der Waals surface area contributed by atoms with Gasteiger partial charge in [-0.3, -0.25) is 4.79 Å². The van der Waals surface area contributed by atoms with Crippen LogP contribution in [0.25, 0.3) is 0 Å². The fourth-order valence-corrected chi connectivity index (χ4v) is 2.59. The molecule has 1 aliphatic heterocycles. The lowest BCUT2D eigenvalue weighted by Gasteiger charge is -2.38. The van der Waals surface area contributed by atoms with Crippen molar-refractivity contribution in [2.24, 2.45) is 5.41 Å². The van der Waals surface area contributed by atoms with E-state index in [9.17, 15) is 9.90 Å². The van der Waals surface area contributed by atoms with E-state index < -0.39 is 0 Å². The quantitative estimate of drug-likeness (QED) is 0.828. The predicted octanol–water partition coefficient (Wildman–Crippen LogP) is 2.96. The maximum atomic E-state index is 12.4. The Kier molecular flexibility index (Phi) is 3.33. The molecule has 0 unspecified atom stereocenters. The van der Waals surface area contributed by atoms with Gasteiger partial charge in [-0.05, 0) is 37.3 Å². The van der Waals surface area contributed by atoms with Gasteiger partial charge in [-0.25, -0.2) is 0 Å². The summed E-state index contributed by atoms with van der Waals surface area (Å²) in [6, 6.07) is 5.17. The molecule has 1 amide bonds. The summed E-state index contributed by atoms with van der Waals surface area (Å²) in [5, 5.41) is 9.82. The molecular formula is C15H21NO2. The van der Waals surface area contributed by atoms with Crippen LogP contribution in [0.2, 0.25) is 0 Å². The van der Waals surface area contributed by atoms with Crippen molar-refractivity contribution in [2.45, 2.75) is 33.6 Å². The number of hydrogen-bond acceptors (Lipinski definition) is 2. The maximum Gasteiger partial charge on any atom is 0.257 e. The fraction of sp³-hybridized carbons (Fsp3) is 0.533. The molecule has 0 bridgehead atoms. The topological polar surface area (TPSA) is 40.5 Å². The normalized spacial score (nSPS) is 18.7. The highest BCUT2D eigenvalue weighted by Crippen LogP contribution is 2.30. The number of benzene rings is 1.